The molecule has 0 unspecified atom stereocenters. The van der Waals surface area contributed by atoms with Crippen LogP contribution in [0, 0.1) is 0 Å². The number of ether oxygens (including phenoxy) is 2. The van der Waals surface area contributed by atoms with Crippen LogP contribution in [0.15, 0.2) is 35.1 Å². The molecule has 0 radical (unpaired) electrons. The fourth-order valence-corrected chi connectivity index (χ4v) is 2.74. The van der Waals surface area contributed by atoms with Crippen molar-refractivity contribution in [2.45, 2.75) is 25.4 Å². The Hall–Kier alpha value is -2.87. The van der Waals surface area contributed by atoms with Gasteiger partial charge in [0.1, 0.15) is 11.9 Å². The molecule has 26 heavy (non-hydrogen) atoms. The zero-order valence-corrected chi connectivity index (χ0v) is 14.1. The summed E-state index contributed by atoms with van der Waals surface area (Å²) in [4.78, 5) is 26.8. The normalized spacial score (nSPS) is 16.4. The molecule has 2 heterocycles. The number of carboxylic acid groups (broad SMARTS) is 1. The molecule has 1 aliphatic heterocycles. The van der Waals surface area contributed by atoms with E-state index in [-0.39, 0.29) is 24.3 Å². The number of benzene rings is 1. The van der Waals surface area contributed by atoms with Crippen LogP contribution in [0.25, 0.3) is 0 Å². The van der Waals surface area contributed by atoms with Crippen LogP contribution in [0.1, 0.15) is 40.8 Å². The Morgan fingerprint density at radius 2 is 2.12 bits per heavy atom. The van der Waals surface area contributed by atoms with Gasteiger partial charge in [-0.2, -0.15) is 0 Å². The zero-order chi connectivity index (χ0) is 18.4. The summed E-state index contributed by atoms with van der Waals surface area (Å²) in [5.74, 6) is -0.332. The van der Waals surface area contributed by atoms with Crippen LogP contribution in [-0.2, 0) is 16.0 Å². The molecule has 2 aromatic rings. The van der Waals surface area contributed by atoms with Crippen molar-refractivity contribution in [3.05, 3.63) is 47.7 Å². The number of nitrogens with zero attached hydrogens (tertiary/aromatic N) is 1. The monoisotopic (exact) mass is 360 g/mol. The van der Waals surface area contributed by atoms with Gasteiger partial charge in [-0.3, -0.25) is 4.79 Å². The molecule has 1 aromatic heterocycles. The molecule has 0 aliphatic carbocycles. The molecule has 1 amide bonds. The molecule has 0 spiro atoms. The standard InChI is InChI=1S/C18H20N2O6/c21-15(22)10-25-13-5-3-12(4-6-13)7-8-19-18(23)16-17(26-11-20-16)14-2-1-9-24-14/h3-6,11,14H,1-2,7-10H2,(H,19,23)(H,21,22)/t14-/m1/s1. The average molecular weight is 360 g/mol. The van der Waals surface area contributed by atoms with E-state index in [1.165, 1.54) is 6.39 Å². The summed E-state index contributed by atoms with van der Waals surface area (Å²) in [6.07, 6.45) is 3.46. The summed E-state index contributed by atoms with van der Waals surface area (Å²) in [6.45, 7) is 0.727. The summed E-state index contributed by atoms with van der Waals surface area (Å²) >= 11 is 0. The molecule has 1 atom stereocenters. The van der Waals surface area contributed by atoms with Crippen LogP contribution in [0.5, 0.6) is 5.75 Å². The van der Waals surface area contributed by atoms with Crippen LogP contribution < -0.4 is 10.1 Å². The van der Waals surface area contributed by atoms with Gasteiger partial charge in [0, 0.05) is 13.2 Å². The van der Waals surface area contributed by atoms with Crippen LogP contribution in [0.3, 0.4) is 0 Å². The Balaban J connectivity index is 1.48. The first-order valence-electron chi connectivity index (χ1n) is 8.40. The van der Waals surface area contributed by atoms with Gasteiger partial charge in [-0.25, -0.2) is 9.78 Å². The molecule has 1 fully saturated rings. The summed E-state index contributed by atoms with van der Waals surface area (Å²) < 4.78 is 16.0. The van der Waals surface area contributed by atoms with Gasteiger partial charge in [-0.05, 0) is 37.0 Å². The van der Waals surface area contributed by atoms with Gasteiger partial charge in [0.2, 0.25) is 0 Å². The highest BCUT2D eigenvalue weighted by molar-refractivity contribution is 5.93. The second kappa shape index (κ2) is 8.48. The van der Waals surface area contributed by atoms with E-state index in [1.807, 2.05) is 12.1 Å². The quantitative estimate of drug-likeness (QED) is 0.740. The minimum atomic E-state index is -1.02. The molecule has 2 N–H and O–H groups in total. The first kappa shape index (κ1) is 17.9. The Morgan fingerprint density at radius 3 is 2.81 bits per heavy atom. The van der Waals surface area contributed by atoms with E-state index in [9.17, 15) is 9.59 Å². The van der Waals surface area contributed by atoms with Gasteiger partial charge in [-0.15, -0.1) is 0 Å². The number of nitrogens with one attached hydrogen (secondary N) is 1. The minimum Gasteiger partial charge on any atom is -0.482 e. The summed E-state index contributed by atoms with van der Waals surface area (Å²) in [6, 6.07) is 7.06. The van der Waals surface area contributed by atoms with E-state index in [0.717, 1.165) is 18.4 Å². The molecule has 1 saturated heterocycles. The zero-order valence-electron chi connectivity index (χ0n) is 14.1. The Morgan fingerprint density at radius 1 is 1.31 bits per heavy atom. The van der Waals surface area contributed by atoms with E-state index < -0.39 is 5.97 Å². The fraction of sp³-hybridized carbons (Fsp3) is 0.389. The number of aromatic nitrogens is 1. The van der Waals surface area contributed by atoms with Crippen molar-refractivity contribution in [3.63, 3.8) is 0 Å². The lowest BCUT2D eigenvalue weighted by Crippen LogP contribution is -2.27. The third-order valence-corrected chi connectivity index (χ3v) is 4.02. The number of carbonyl (C=O) groups is 2. The molecule has 8 nitrogen and oxygen atoms in total. The summed E-state index contributed by atoms with van der Waals surface area (Å²) in [5, 5.41) is 11.4. The van der Waals surface area contributed by atoms with Crippen molar-refractivity contribution in [2.75, 3.05) is 19.8 Å². The molecular formula is C18H20N2O6. The highest BCUT2D eigenvalue weighted by atomic mass is 16.5. The smallest absolute Gasteiger partial charge is 0.341 e. The Kier molecular flexibility index (Phi) is 5.85. The van der Waals surface area contributed by atoms with Gasteiger partial charge < -0.3 is 24.3 Å². The third-order valence-electron chi connectivity index (χ3n) is 4.02. The lowest BCUT2D eigenvalue weighted by atomic mass is 10.1. The fourth-order valence-electron chi connectivity index (χ4n) is 2.74. The summed E-state index contributed by atoms with van der Waals surface area (Å²) in [7, 11) is 0. The van der Waals surface area contributed by atoms with Gasteiger partial charge >= 0.3 is 5.97 Å². The number of aliphatic carboxylic acids is 1. The average Bonchev–Trinajstić information content (AvgIpc) is 3.32. The van der Waals surface area contributed by atoms with E-state index in [4.69, 9.17) is 19.0 Å². The highest BCUT2D eigenvalue weighted by Gasteiger charge is 2.27. The highest BCUT2D eigenvalue weighted by Crippen LogP contribution is 2.30. The number of carboxylic acids is 1. The van der Waals surface area contributed by atoms with Crippen molar-refractivity contribution in [3.8, 4) is 5.75 Å². The molecular weight excluding hydrogens is 340 g/mol. The van der Waals surface area contributed by atoms with E-state index in [0.29, 0.717) is 31.1 Å². The largest absolute Gasteiger partial charge is 0.482 e. The van der Waals surface area contributed by atoms with Crippen molar-refractivity contribution in [1.29, 1.82) is 0 Å². The number of rotatable bonds is 8. The molecule has 138 valence electrons. The van der Waals surface area contributed by atoms with Crippen molar-refractivity contribution in [1.82, 2.24) is 10.3 Å². The van der Waals surface area contributed by atoms with Crippen molar-refractivity contribution >= 4 is 11.9 Å². The minimum absolute atomic E-state index is 0.198. The van der Waals surface area contributed by atoms with Crippen LogP contribution in [0.4, 0.5) is 0 Å². The first-order chi connectivity index (χ1) is 12.6. The topological polar surface area (TPSA) is 111 Å². The lowest BCUT2D eigenvalue weighted by molar-refractivity contribution is -0.139. The van der Waals surface area contributed by atoms with E-state index >= 15 is 0 Å². The van der Waals surface area contributed by atoms with Crippen LogP contribution >= 0.6 is 0 Å². The maximum Gasteiger partial charge on any atom is 0.341 e. The number of oxazole rings is 1. The van der Waals surface area contributed by atoms with Crippen LogP contribution in [-0.4, -0.2) is 41.7 Å². The third kappa shape index (κ3) is 4.60. The van der Waals surface area contributed by atoms with E-state index in [1.54, 1.807) is 12.1 Å². The van der Waals surface area contributed by atoms with Gasteiger partial charge in [-0.1, -0.05) is 12.1 Å². The second-order valence-corrected chi connectivity index (χ2v) is 5.90. The van der Waals surface area contributed by atoms with Gasteiger partial charge in [0.05, 0.1) is 0 Å². The Bertz CT molecular complexity index is 749. The van der Waals surface area contributed by atoms with Gasteiger partial charge in [0.15, 0.2) is 24.5 Å². The van der Waals surface area contributed by atoms with Crippen molar-refractivity contribution < 1.29 is 28.6 Å². The molecule has 1 aromatic carbocycles. The SMILES string of the molecule is O=C(O)COc1ccc(CCNC(=O)c2ncoc2[C@H]2CCCO2)cc1. The predicted octanol–water partition coefficient (Wildman–Crippen LogP) is 1.96. The Labute approximate surface area is 150 Å². The molecule has 0 bridgehead atoms. The molecule has 8 heteroatoms. The predicted molar refractivity (Wildman–Crippen MR) is 90.0 cm³/mol. The second-order valence-electron chi connectivity index (χ2n) is 5.90. The van der Waals surface area contributed by atoms with E-state index in [2.05, 4.69) is 10.3 Å². The molecule has 3 rings (SSSR count). The number of hydrogen-bond donors (Lipinski definition) is 2. The molecule has 1 aliphatic rings. The molecule has 0 saturated carbocycles. The van der Waals surface area contributed by atoms with Crippen LogP contribution in [0.2, 0.25) is 0 Å². The lowest BCUT2D eigenvalue weighted by Gasteiger charge is -2.09. The van der Waals surface area contributed by atoms with Crippen molar-refractivity contribution in [2.24, 2.45) is 0 Å². The maximum atomic E-state index is 12.3. The number of hydrogen-bond acceptors (Lipinski definition) is 6. The maximum absolute atomic E-state index is 12.3. The summed E-state index contributed by atoms with van der Waals surface area (Å²) in [5.41, 5.74) is 1.27. The van der Waals surface area contributed by atoms with Gasteiger partial charge in [0.25, 0.3) is 5.91 Å². The first-order valence-corrected chi connectivity index (χ1v) is 8.40. The number of amides is 1. The number of carbonyl (C=O) groups excluding carboxylic acids is 1.